The minimum atomic E-state index is -4.01. The van der Waals surface area contributed by atoms with Crippen molar-refractivity contribution in [3.05, 3.63) is 89.2 Å². The van der Waals surface area contributed by atoms with Gasteiger partial charge in [-0.3, -0.25) is 9.52 Å². The molecule has 7 nitrogen and oxygen atoms in total. The number of sulfonamides is 1. The van der Waals surface area contributed by atoms with E-state index in [0.717, 1.165) is 17.4 Å². The number of aryl methyl sites for hydroxylation is 1. The zero-order valence-electron chi connectivity index (χ0n) is 19.5. The van der Waals surface area contributed by atoms with Gasteiger partial charge in [0.2, 0.25) is 0 Å². The summed E-state index contributed by atoms with van der Waals surface area (Å²) in [6.07, 6.45) is 0. The summed E-state index contributed by atoms with van der Waals surface area (Å²) >= 11 is 0. The normalized spacial score (nSPS) is 12.3. The third kappa shape index (κ3) is 6.12. The van der Waals surface area contributed by atoms with E-state index in [1.165, 1.54) is 24.3 Å². The Hall–Kier alpha value is -3.43. The Balaban J connectivity index is 1.73. The SMILES string of the molecule is COc1cccc([C@@H](CNC(=O)c2cccc(NS(=O)(=O)c3ccc(C)c(F)c3)c2)N(C)C)c1. The fourth-order valence-corrected chi connectivity index (χ4v) is 4.48. The summed E-state index contributed by atoms with van der Waals surface area (Å²) in [6.45, 7) is 1.88. The molecular weight excluding hydrogens is 457 g/mol. The highest BCUT2D eigenvalue weighted by Crippen LogP contribution is 2.23. The first kappa shape index (κ1) is 25.2. The molecule has 0 aliphatic rings. The van der Waals surface area contributed by atoms with Crippen LogP contribution in [0.15, 0.2) is 71.6 Å². The fourth-order valence-electron chi connectivity index (χ4n) is 3.42. The van der Waals surface area contributed by atoms with Crippen molar-refractivity contribution in [1.29, 1.82) is 0 Å². The molecule has 0 fully saturated rings. The van der Waals surface area contributed by atoms with E-state index in [-0.39, 0.29) is 22.5 Å². The smallest absolute Gasteiger partial charge is 0.261 e. The Morgan fingerprint density at radius 3 is 2.47 bits per heavy atom. The van der Waals surface area contributed by atoms with Crippen LogP contribution in [-0.2, 0) is 10.0 Å². The van der Waals surface area contributed by atoms with Crippen molar-refractivity contribution in [1.82, 2.24) is 10.2 Å². The van der Waals surface area contributed by atoms with Gasteiger partial charge in [0.25, 0.3) is 15.9 Å². The summed E-state index contributed by atoms with van der Waals surface area (Å²) in [5, 5.41) is 2.90. The number of carbonyl (C=O) groups is 1. The van der Waals surface area contributed by atoms with Gasteiger partial charge in [0, 0.05) is 17.8 Å². The number of anilines is 1. The largest absolute Gasteiger partial charge is 0.497 e. The number of nitrogens with one attached hydrogen (secondary N) is 2. The number of halogens is 1. The van der Waals surface area contributed by atoms with E-state index < -0.39 is 15.8 Å². The molecule has 0 unspecified atom stereocenters. The highest BCUT2D eigenvalue weighted by atomic mass is 32.2. The molecule has 3 aromatic rings. The predicted octanol–water partition coefficient (Wildman–Crippen LogP) is 3.98. The van der Waals surface area contributed by atoms with E-state index in [1.54, 1.807) is 26.2 Å². The third-order valence-corrected chi connectivity index (χ3v) is 6.77. The molecule has 0 bridgehead atoms. The Kier molecular flexibility index (Phi) is 7.90. The summed E-state index contributed by atoms with van der Waals surface area (Å²) in [5.74, 6) is -0.233. The van der Waals surface area contributed by atoms with Crippen molar-refractivity contribution in [2.45, 2.75) is 17.9 Å². The van der Waals surface area contributed by atoms with Gasteiger partial charge in [-0.2, -0.15) is 0 Å². The number of nitrogens with zero attached hydrogens (tertiary/aromatic N) is 1. The third-order valence-electron chi connectivity index (χ3n) is 5.39. The zero-order chi connectivity index (χ0) is 24.9. The van der Waals surface area contributed by atoms with Crippen LogP contribution in [0.25, 0.3) is 0 Å². The molecule has 0 radical (unpaired) electrons. The summed E-state index contributed by atoms with van der Waals surface area (Å²) in [4.78, 5) is 14.6. The number of benzene rings is 3. The first-order chi connectivity index (χ1) is 16.1. The molecule has 34 heavy (non-hydrogen) atoms. The molecule has 0 heterocycles. The van der Waals surface area contributed by atoms with Gasteiger partial charge < -0.3 is 15.0 Å². The highest BCUT2D eigenvalue weighted by molar-refractivity contribution is 7.92. The molecule has 180 valence electrons. The molecule has 1 atom stereocenters. The average Bonchev–Trinajstić information content (AvgIpc) is 2.80. The number of methoxy groups -OCH3 is 1. The van der Waals surface area contributed by atoms with Crippen LogP contribution in [0.5, 0.6) is 5.75 Å². The van der Waals surface area contributed by atoms with Gasteiger partial charge in [0.1, 0.15) is 11.6 Å². The van der Waals surface area contributed by atoms with Gasteiger partial charge in [-0.05, 0) is 74.6 Å². The first-order valence-corrected chi connectivity index (χ1v) is 12.1. The molecule has 0 saturated carbocycles. The van der Waals surface area contributed by atoms with Crippen molar-refractivity contribution in [3.8, 4) is 5.75 Å². The molecule has 3 rings (SSSR count). The monoisotopic (exact) mass is 485 g/mol. The molecule has 0 aliphatic carbocycles. The summed E-state index contributed by atoms with van der Waals surface area (Å²) in [6, 6.07) is 17.4. The first-order valence-electron chi connectivity index (χ1n) is 10.6. The maximum atomic E-state index is 13.8. The lowest BCUT2D eigenvalue weighted by atomic mass is 10.1. The summed E-state index contributed by atoms with van der Waals surface area (Å²) < 4.78 is 46.8. The van der Waals surface area contributed by atoms with Crippen molar-refractivity contribution >= 4 is 21.6 Å². The number of amides is 1. The van der Waals surface area contributed by atoms with Gasteiger partial charge in [-0.25, -0.2) is 12.8 Å². The van der Waals surface area contributed by atoms with E-state index in [2.05, 4.69) is 10.0 Å². The van der Waals surface area contributed by atoms with Crippen molar-refractivity contribution in [2.75, 3.05) is 32.5 Å². The number of likely N-dealkylation sites (N-methyl/N-ethyl adjacent to an activating group) is 1. The lowest BCUT2D eigenvalue weighted by Crippen LogP contribution is -2.34. The van der Waals surface area contributed by atoms with Crippen molar-refractivity contribution < 1.29 is 22.3 Å². The van der Waals surface area contributed by atoms with E-state index in [0.29, 0.717) is 17.7 Å². The van der Waals surface area contributed by atoms with Crippen LogP contribution in [0, 0.1) is 12.7 Å². The second kappa shape index (κ2) is 10.7. The van der Waals surface area contributed by atoms with E-state index in [1.807, 2.05) is 43.3 Å². The van der Waals surface area contributed by atoms with E-state index in [9.17, 15) is 17.6 Å². The molecule has 0 aliphatic heterocycles. The van der Waals surface area contributed by atoms with Crippen LogP contribution in [-0.4, -0.2) is 47.0 Å². The Morgan fingerprint density at radius 2 is 1.79 bits per heavy atom. The second-order valence-corrected chi connectivity index (χ2v) is 9.75. The molecule has 0 aromatic heterocycles. The van der Waals surface area contributed by atoms with E-state index >= 15 is 0 Å². The molecule has 3 aromatic carbocycles. The van der Waals surface area contributed by atoms with Gasteiger partial charge in [0.05, 0.1) is 18.0 Å². The van der Waals surface area contributed by atoms with Crippen LogP contribution in [0.2, 0.25) is 0 Å². The van der Waals surface area contributed by atoms with Crippen LogP contribution in [0.1, 0.15) is 27.5 Å². The predicted molar refractivity (Wildman–Crippen MR) is 130 cm³/mol. The lowest BCUT2D eigenvalue weighted by molar-refractivity contribution is 0.0942. The number of rotatable bonds is 9. The highest BCUT2D eigenvalue weighted by Gasteiger charge is 2.19. The van der Waals surface area contributed by atoms with Gasteiger partial charge in [0.15, 0.2) is 0 Å². The number of hydrogen-bond donors (Lipinski definition) is 2. The zero-order valence-corrected chi connectivity index (χ0v) is 20.3. The Labute approximate surface area is 199 Å². The summed E-state index contributed by atoms with van der Waals surface area (Å²) in [5.41, 5.74) is 1.82. The fraction of sp³-hybridized carbons (Fsp3) is 0.240. The maximum Gasteiger partial charge on any atom is 0.261 e. The van der Waals surface area contributed by atoms with Gasteiger partial charge in [-0.1, -0.05) is 24.3 Å². The summed E-state index contributed by atoms with van der Waals surface area (Å²) in [7, 11) is 1.42. The molecular formula is C25H28FN3O4S. The molecule has 1 amide bonds. The molecule has 0 spiro atoms. The molecule has 0 saturated heterocycles. The molecule has 2 N–H and O–H groups in total. The minimum Gasteiger partial charge on any atom is -0.497 e. The topological polar surface area (TPSA) is 87.7 Å². The van der Waals surface area contributed by atoms with Crippen LogP contribution in [0.3, 0.4) is 0 Å². The number of hydrogen-bond acceptors (Lipinski definition) is 5. The average molecular weight is 486 g/mol. The standard InChI is InChI=1S/C25H28FN3O4S/c1-17-11-12-22(15-23(17)26)34(31,32)28-20-9-5-8-19(13-20)25(30)27-16-24(29(2)3)18-7-6-10-21(14-18)33-4/h5-15,24,28H,16H2,1-4H3,(H,27,30)/t24-/m1/s1. The Bertz CT molecular complexity index is 1280. The molecule has 9 heteroatoms. The quantitative estimate of drug-likeness (QED) is 0.479. The van der Waals surface area contributed by atoms with Crippen LogP contribution in [0.4, 0.5) is 10.1 Å². The maximum absolute atomic E-state index is 13.8. The van der Waals surface area contributed by atoms with Crippen LogP contribution >= 0.6 is 0 Å². The lowest BCUT2D eigenvalue weighted by Gasteiger charge is -2.25. The Morgan fingerprint density at radius 1 is 1.06 bits per heavy atom. The van der Waals surface area contributed by atoms with Crippen molar-refractivity contribution in [2.24, 2.45) is 0 Å². The minimum absolute atomic E-state index is 0.0998. The van der Waals surface area contributed by atoms with Crippen LogP contribution < -0.4 is 14.8 Å². The van der Waals surface area contributed by atoms with Crippen molar-refractivity contribution in [3.63, 3.8) is 0 Å². The van der Waals surface area contributed by atoms with Gasteiger partial charge in [-0.15, -0.1) is 0 Å². The second-order valence-electron chi connectivity index (χ2n) is 8.06. The van der Waals surface area contributed by atoms with Gasteiger partial charge >= 0.3 is 0 Å². The van der Waals surface area contributed by atoms with E-state index in [4.69, 9.17) is 4.74 Å². The number of ether oxygens (including phenoxy) is 1. The number of carbonyl (C=O) groups excluding carboxylic acids is 1.